The summed E-state index contributed by atoms with van der Waals surface area (Å²) in [5.74, 6) is 1.05. The molecule has 0 bridgehead atoms. The van der Waals surface area contributed by atoms with Gasteiger partial charge in [-0.1, -0.05) is 20.8 Å². The molecule has 136 valence electrons. The van der Waals surface area contributed by atoms with Gasteiger partial charge in [-0.3, -0.25) is 0 Å². The molecule has 0 aliphatic heterocycles. The summed E-state index contributed by atoms with van der Waals surface area (Å²) in [7, 11) is 0.957. The Kier molecular flexibility index (Phi) is 8.08. The summed E-state index contributed by atoms with van der Waals surface area (Å²) in [5.41, 5.74) is 0.882. The van der Waals surface area contributed by atoms with Crippen LogP contribution in [0.25, 0.3) is 0 Å². The van der Waals surface area contributed by atoms with Crippen molar-refractivity contribution in [1.82, 2.24) is 0 Å². The van der Waals surface area contributed by atoms with Crippen molar-refractivity contribution in [2.45, 2.75) is 45.5 Å². The fraction of sp³-hybridized carbons (Fsp3) is 0.625. The number of hydrogen-bond acceptors (Lipinski definition) is 6. The Bertz CT molecular complexity index is 526. The molecule has 2 N–H and O–H groups in total. The molecular weight excluding hydrogens is 327 g/mol. The Morgan fingerprint density at radius 2 is 1.46 bits per heavy atom. The molecule has 0 aliphatic rings. The van der Waals surface area contributed by atoms with E-state index in [1.807, 2.05) is 0 Å². The third-order valence-electron chi connectivity index (χ3n) is 4.68. The first-order valence-corrected chi connectivity index (χ1v) is 10.8. The van der Waals surface area contributed by atoms with E-state index >= 15 is 0 Å². The summed E-state index contributed by atoms with van der Waals surface area (Å²) >= 11 is 0. The van der Waals surface area contributed by atoms with E-state index in [4.69, 9.17) is 18.6 Å². The third kappa shape index (κ3) is 4.24. The van der Waals surface area contributed by atoms with Gasteiger partial charge in [-0.25, -0.2) is 0 Å². The van der Waals surface area contributed by atoms with E-state index in [1.54, 1.807) is 6.07 Å². The van der Waals surface area contributed by atoms with Crippen LogP contribution in [0.1, 0.15) is 26.3 Å². The van der Waals surface area contributed by atoms with Gasteiger partial charge in [0.05, 0.1) is 27.9 Å². The van der Waals surface area contributed by atoms with Crippen LogP contribution in [0.2, 0.25) is 18.1 Å². The number of hydrogen-bond donors (Lipinski definition) is 2. The molecule has 0 unspecified atom stereocenters. The standard InChI is InChI=1S/C16H29BO6Si/c1-7-24(8-2,9-3)23-11-12-10-13(20-4)15(21-5)16(22-6)14(12)17(18)19/h10,18-19H,7-9,11H2,1-6H3. The van der Waals surface area contributed by atoms with E-state index in [0.717, 1.165) is 18.1 Å². The van der Waals surface area contributed by atoms with Gasteiger partial charge in [0.25, 0.3) is 0 Å². The molecule has 1 aromatic carbocycles. The van der Waals surface area contributed by atoms with Crippen molar-refractivity contribution >= 4 is 20.9 Å². The van der Waals surface area contributed by atoms with Crippen LogP contribution in [0.15, 0.2) is 6.07 Å². The first-order chi connectivity index (χ1) is 11.4. The minimum atomic E-state index is -1.81. The summed E-state index contributed by atoms with van der Waals surface area (Å²) in [6.07, 6.45) is 0. The van der Waals surface area contributed by atoms with Crippen LogP contribution in [0, 0.1) is 0 Å². The highest BCUT2D eigenvalue weighted by molar-refractivity contribution is 6.73. The van der Waals surface area contributed by atoms with Crippen LogP contribution in [0.5, 0.6) is 17.2 Å². The number of benzene rings is 1. The largest absolute Gasteiger partial charge is 0.493 e. The molecule has 0 radical (unpaired) electrons. The molecule has 0 heterocycles. The lowest BCUT2D eigenvalue weighted by atomic mass is 9.76. The van der Waals surface area contributed by atoms with Crippen molar-refractivity contribution in [1.29, 1.82) is 0 Å². The molecule has 0 aromatic heterocycles. The molecule has 0 spiro atoms. The molecule has 8 heteroatoms. The Hall–Kier alpha value is -1.22. The van der Waals surface area contributed by atoms with E-state index in [2.05, 4.69) is 20.8 Å². The zero-order valence-electron chi connectivity index (χ0n) is 15.5. The fourth-order valence-corrected chi connectivity index (χ4v) is 5.49. The van der Waals surface area contributed by atoms with Crippen LogP contribution < -0.4 is 19.7 Å². The maximum absolute atomic E-state index is 9.84. The van der Waals surface area contributed by atoms with Crippen LogP contribution >= 0.6 is 0 Å². The van der Waals surface area contributed by atoms with Crippen LogP contribution in [-0.2, 0) is 11.0 Å². The van der Waals surface area contributed by atoms with Gasteiger partial charge in [0.15, 0.2) is 19.8 Å². The monoisotopic (exact) mass is 356 g/mol. The van der Waals surface area contributed by atoms with Gasteiger partial charge >= 0.3 is 7.12 Å². The van der Waals surface area contributed by atoms with E-state index in [9.17, 15) is 10.0 Å². The highest BCUT2D eigenvalue weighted by Gasteiger charge is 2.32. The highest BCUT2D eigenvalue weighted by Crippen LogP contribution is 2.37. The summed E-state index contributed by atoms with van der Waals surface area (Å²) in [6.45, 7) is 6.73. The van der Waals surface area contributed by atoms with Gasteiger partial charge < -0.3 is 28.7 Å². The second-order valence-corrected chi connectivity index (χ2v) is 10.4. The molecular formula is C16H29BO6Si. The lowest BCUT2D eigenvalue weighted by molar-refractivity contribution is 0.283. The van der Waals surface area contributed by atoms with Gasteiger partial charge in [0.2, 0.25) is 5.75 Å². The summed E-state index contributed by atoms with van der Waals surface area (Å²) in [4.78, 5) is 0. The summed E-state index contributed by atoms with van der Waals surface area (Å²) < 4.78 is 22.3. The third-order valence-corrected chi connectivity index (χ3v) is 9.30. The van der Waals surface area contributed by atoms with Crippen molar-refractivity contribution in [3.05, 3.63) is 11.6 Å². The Morgan fingerprint density at radius 3 is 1.83 bits per heavy atom. The number of ether oxygens (including phenoxy) is 3. The van der Waals surface area contributed by atoms with Crippen molar-refractivity contribution in [3.63, 3.8) is 0 Å². The van der Waals surface area contributed by atoms with Gasteiger partial charge in [-0.2, -0.15) is 0 Å². The van der Waals surface area contributed by atoms with Gasteiger partial charge in [-0.15, -0.1) is 0 Å². The molecule has 1 aromatic rings. The normalized spacial score (nSPS) is 11.3. The average Bonchev–Trinajstić information content (AvgIpc) is 2.61. The molecule has 0 amide bonds. The van der Waals surface area contributed by atoms with Crippen LogP contribution in [0.4, 0.5) is 0 Å². The maximum atomic E-state index is 9.84. The molecule has 0 fully saturated rings. The van der Waals surface area contributed by atoms with E-state index < -0.39 is 15.4 Å². The molecule has 24 heavy (non-hydrogen) atoms. The first kappa shape index (κ1) is 20.8. The Morgan fingerprint density at radius 1 is 0.917 bits per heavy atom. The highest BCUT2D eigenvalue weighted by atomic mass is 28.4. The molecule has 0 saturated heterocycles. The van der Waals surface area contributed by atoms with Crippen molar-refractivity contribution in [2.24, 2.45) is 0 Å². The number of rotatable bonds is 10. The quantitative estimate of drug-likeness (QED) is 0.624. The van der Waals surface area contributed by atoms with E-state index in [1.165, 1.54) is 21.3 Å². The molecule has 1 rings (SSSR count). The van der Waals surface area contributed by atoms with Crippen LogP contribution in [-0.4, -0.2) is 46.8 Å². The predicted molar refractivity (Wildman–Crippen MR) is 97.9 cm³/mol. The van der Waals surface area contributed by atoms with Crippen molar-refractivity contribution < 1.29 is 28.7 Å². The van der Waals surface area contributed by atoms with E-state index in [-0.39, 0.29) is 17.8 Å². The molecule has 0 aliphatic carbocycles. The SMILES string of the molecule is CC[Si](CC)(CC)OCc1cc(OC)c(OC)c(OC)c1B(O)O. The minimum absolute atomic E-state index is 0.251. The van der Waals surface area contributed by atoms with Crippen LogP contribution in [0.3, 0.4) is 0 Å². The lowest BCUT2D eigenvalue weighted by Gasteiger charge is -2.29. The number of methoxy groups -OCH3 is 3. The van der Waals surface area contributed by atoms with Gasteiger partial charge in [0, 0.05) is 5.46 Å². The molecule has 6 nitrogen and oxygen atoms in total. The van der Waals surface area contributed by atoms with Gasteiger partial charge in [-0.05, 0) is 29.8 Å². The van der Waals surface area contributed by atoms with Crippen molar-refractivity contribution in [2.75, 3.05) is 21.3 Å². The first-order valence-electron chi connectivity index (χ1n) is 8.25. The zero-order valence-corrected chi connectivity index (χ0v) is 16.5. The molecule has 0 saturated carbocycles. The second kappa shape index (κ2) is 9.31. The maximum Gasteiger partial charge on any atom is 0.492 e. The topological polar surface area (TPSA) is 77.4 Å². The second-order valence-electron chi connectivity index (χ2n) is 5.62. The van der Waals surface area contributed by atoms with E-state index in [0.29, 0.717) is 17.1 Å². The summed E-state index contributed by atoms with van der Waals surface area (Å²) in [5, 5.41) is 19.7. The Balaban J connectivity index is 3.36. The predicted octanol–water partition coefficient (Wildman–Crippen LogP) is 1.91. The summed E-state index contributed by atoms with van der Waals surface area (Å²) in [6, 6.07) is 4.76. The Labute approximate surface area is 146 Å². The molecule has 0 atom stereocenters. The lowest BCUT2D eigenvalue weighted by Crippen LogP contribution is -2.39. The average molecular weight is 356 g/mol. The smallest absolute Gasteiger partial charge is 0.492 e. The van der Waals surface area contributed by atoms with Gasteiger partial charge in [0.1, 0.15) is 0 Å². The van der Waals surface area contributed by atoms with Crippen molar-refractivity contribution in [3.8, 4) is 17.2 Å². The minimum Gasteiger partial charge on any atom is -0.493 e. The fourth-order valence-electron chi connectivity index (χ4n) is 2.92. The zero-order chi connectivity index (χ0) is 18.3.